The summed E-state index contributed by atoms with van der Waals surface area (Å²) in [5.41, 5.74) is 3.90. The van der Waals surface area contributed by atoms with Crippen molar-refractivity contribution in [2.45, 2.75) is 50.1 Å². The van der Waals surface area contributed by atoms with Crippen molar-refractivity contribution >= 4 is 9.52 Å². The Morgan fingerprint density at radius 1 is 0.769 bits per heavy atom. The third kappa shape index (κ3) is 4.76. The summed E-state index contributed by atoms with van der Waals surface area (Å²) in [7, 11) is 1.14. The highest BCUT2D eigenvalue weighted by atomic mass is 28.2. The van der Waals surface area contributed by atoms with Crippen LogP contribution in [0.15, 0.2) is 72.8 Å². The molecule has 3 atom stereocenters. The lowest BCUT2D eigenvalue weighted by Gasteiger charge is -2.22. The number of fused-ring (bicyclic) bond motifs is 2. The fourth-order valence-corrected chi connectivity index (χ4v) is 6.57. The number of rotatable bonds is 9. The molecule has 4 rings (SSSR count). The first-order valence-corrected chi connectivity index (χ1v) is 11.6. The van der Waals surface area contributed by atoms with Crippen LogP contribution in [-0.2, 0) is 12.8 Å². The highest BCUT2D eigenvalue weighted by Gasteiger charge is 2.35. The number of benzene rings is 2. The van der Waals surface area contributed by atoms with Gasteiger partial charge in [-0.25, -0.2) is 0 Å². The first-order chi connectivity index (χ1) is 12.9. The van der Waals surface area contributed by atoms with Crippen molar-refractivity contribution in [2.24, 2.45) is 17.8 Å². The van der Waals surface area contributed by atoms with Crippen LogP contribution in [0.3, 0.4) is 0 Å². The molecule has 3 unspecified atom stereocenters. The SMILES string of the molecule is C1=CC2CC1CC2C[Si]C(CCc1ccccc1)CCc1ccccc1. The Hall–Kier alpha value is -1.60. The molecule has 2 aliphatic rings. The molecule has 0 saturated heterocycles. The van der Waals surface area contributed by atoms with Crippen molar-refractivity contribution < 1.29 is 0 Å². The van der Waals surface area contributed by atoms with E-state index < -0.39 is 0 Å². The Labute approximate surface area is 161 Å². The Morgan fingerprint density at radius 2 is 1.38 bits per heavy atom. The average Bonchev–Trinajstić information content (AvgIpc) is 3.32. The smallest absolute Gasteiger partial charge is 0.0416 e. The van der Waals surface area contributed by atoms with Crippen molar-refractivity contribution in [2.75, 3.05) is 0 Å². The van der Waals surface area contributed by atoms with Gasteiger partial charge in [-0.2, -0.15) is 0 Å². The van der Waals surface area contributed by atoms with Crippen LogP contribution in [0.1, 0.15) is 36.8 Å². The minimum Gasteiger partial charge on any atom is -0.0851 e. The maximum absolute atomic E-state index is 2.52. The third-order valence-electron chi connectivity index (χ3n) is 6.33. The van der Waals surface area contributed by atoms with Crippen LogP contribution in [0, 0.1) is 17.8 Å². The van der Waals surface area contributed by atoms with E-state index in [-0.39, 0.29) is 0 Å². The van der Waals surface area contributed by atoms with E-state index >= 15 is 0 Å². The lowest BCUT2D eigenvalue weighted by atomic mass is 9.96. The summed E-state index contributed by atoms with van der Waals surface area (Å²) < 4.78 is 0. The van der Waals surface area contributed by atoms with Crippen LogP contribution in [0.2, 0.25) is 11.6 Å². The number of aryl methyl sites for hydroxylation is 2. The molecular formula is C25H30Si. The number of hydrogen-bond donors (Lipinski definition) is 0. The van der Waals surface area contributed by atoms with Gasteiger partial charge in [0.25, 0.3) is 0 Å². The summed E-state index contributed by atoms with van der Waals surface area (Å²) in [6, 6.07) is 23.6. The van der Waals surface area contributed by atoms with E-state index in [0.29, 0.717) is 0 Å². The molecule has 2 aliphatic carbocycles. The summed E-state index contributed by atoms with van der Waals surface area (Å²) in [6.45, 7) is 0. The monoisotopic (exact) mass is 358 g/mol. The maximum atomic E-state index is 2.52. The van der Waals surface area contributed by atoms with Gasteiger partial charge in [-0.15, -0.1) is 0 Å². The van der Waals surface area contributed by atoms with Crippen molar-refractivity contribution in [3.05, 3.63) is 83.9 Å². The molecule has 0 nitrogen and oxygen atoms in total. The average molecular weight is 359 g/mol. The van der Waals surface area contributed by atoms with Gasteiger partial charge in [0.1, 0.15) is 0 Å². The molecule has 134 valence electrons. The highest BCUT2D eigenvalue weighted by molar-refractivity contribution is 6.37. The topological polar surface area (TPSA) is 0 Å². The minimum atomic E-state index is 0.888. The standard InChI is InChI=1S/C25H30Si/c1-3-7-20(8-4-1)12-15-25(16-13-21-9-5-2-6-10-21)26-19-24-18-22-11-14-23(24)17-22/h1-11,14,22-25H,12-13,15-19H2. The van der Waals surface area contributed by atoms with E-state index in [1.807, 2.05) is 0 Å². The van der Waals surface area contributed by atoms with Gasteiger partial charge in [0.2, 0.25) is 0 Å². The fourth-order valence-electron chi connectivity index (χ4n) is 4.77. The predicted octanol–water partition coefficient (Wildman–Crippen LogP) is 6.38. The van der Waals surface area contributed by atoms with E-state index in [9.17, 15) is 0 Å². The van der Waals surface area contributed by atoms with Crippen molar-refractivity contribution in [3.63, 3.8) is 0 Å². The van der Waals surface area contributed by atoms with Gasteiger partial charge in [0.15, 0.2) is 0 Å². The highest BCUT2D eigenvalue weighted by Crippen LogP contribution is 2.45. The molecule has 0 aromatic heterocycles. The van der Waals surface area contributed by atoms with Gasteiger partial charge in [-0.1, -0.05) is 78.9 Å². The first-order valence-electron chi connectivity index (χ1n) is 10.4. The molecule has 0 amide bonds. The summed E-state index contributed by atoms with van der Waals surface area (Å²) in [4.78, 5) is 0. The van der Waals surface area contributed by atoms with Gasteiger partial charge in [0, 0.05) is 9.52 Å². The molecule has 2 bridgehead atoms. The molecule has 0 N–H and O–H groups in total. The molecule has 2 aromatic rings. The Morgan fingerprint density at radius 3 is 1.88 bits per heavy atom. The van der Waals surface area contributed by atoms with Crippen LogP contribution in [0.4, 0.5) is 0 Å². The van der Waals surface area contributed by atoms with E-state index in [1.165, 1.54) is 55.7 Å². The molecule has 1 fully saturated rings. The second-order valence-electron chi connectivity index (χ2n) is 8.19. The first kappa shape index (κ1) is 17.8. The van der Waals surface area contributed by atoms with Crippen molar-refractivity contribution in [1.82, 2.24) is 0 Å². The zero-order chi connectivity index (χ0) is 17.6. The van der Waals surface area contributed by atoms with Gasteiger partial charge >= 0.3 is 0 Å². The maximum Gasteiger partial charge on any atom is 0.0416 e. The Bertz CT molecular complexity index is 647. The van der Waals surface area contributed by atoms with Crippen molar-refractivity contribution in [3.8, 4) is 0 Å². The third-order valence-corrected chi connectivity index (χ3v) is 8.25. The molecule has 2 aromatic carbocycles. The molecule has 0 spiro atoms. The van der Waals surface area contributed by atoms with Gasteiger partial charge in [-0.05, 0) is 72.9 Å². The minimum absolute atomic E-state index is 0.888. The molecule has 26 heavy (non-hydrogen) atoms. The quantitative estimate of drug-likeness (QED) is 0.360. The molecule has 1 heteroatoms. The van der Waals surface area contributed by atoms with E-state index in [2.05, 4.69) is 72.8 Å². The summed E-state index contributed by atoms with van der Waals surface area (Å²) in [5.74, 6) is 2.82. The lowest BCUT2D eigenvalue weighted by Crippen LogP contribution is -2.14. The van der Waals surface area contributed by atoms with Gasteiger partial charge in [-0.3, -0.25) is 0 Å². The predicted molar refractivity (Wildman–Crippen MR) is 113 cm³/mol. The Balaban J connectivity index is 1.31. The molecule has 1 saturated carbocycles. The molecular weight excluding hydrogens is 328 g/mol. The van der Waals surface area contributed by atoms with Gasteiger partial charge < -0.3 is 0 Å². The van der Waals surface area contributed by atoms with Gasteiger partial charge in [0.05, 0.1) is 0 Å². The van der Waals surface area contributed by atoms with Crippen LogP contribution in [0.25, 0.3) is 0 Å². The zero-order valence-corrected chi connectivity index (χ0v) is 16.7. The largest absolute Gasteiger partial charge is 0.0851 e. The zero-order valence-electron chi connectivity index (χ0n) is 15.7. The molecule has 2 radical (unpaired) electrons. The van der Waals surface area contributed by atoms with E-state index in [1.54, 1.807) is 0 Å². The van der Waals surface area contributed by atoms with Crippen LogP contribution < -0.4 is 0 Å². The molecule has 0 heterocycles. The molecule has 0 aliphatic heterocycles. The fraction of sp³-hybridized carbons (Fsp3) is 0.440. The number of allylic oxidation sites excluding steroid dienone is 2. The van der Waals surface area contributed by atoms with Crippen molar-refractivity contribution in [1.29, 1.82) is 0 Å². The summed E-state index contributed by atoms with van der Waals surface area (Å²) in [5, 5.41) is 0. The second-order valence-corrected chi connectivity index (χ2v) is 9.83. The second kappa shape index (κ2) is 8.86. The summed E-state index contributed by atoms with van der Waals surface area (Å²) in [6.07, 6.45) is 13.1. The van der Waals surface area contributed by atoms with Crippen LogP contribution >= 0.6 is 0 Å². The van der Waals surface area contributed by atoms with Crippen LogP contribution in [-0.4, -0.2) is 9.52 Å². The normalized spacial score (nSPS) is 23.8. The summed E-state index contributed by atoms with van der Waals surface area (Å²) >= 11 is 0. The van der Waals surface area contributed by atoms with Crippen LogP contribution in [0.5, 0.6) is 0 Å². The lowest BCUT2D eigenvalue weighted by molar-refractivity contribution is 0.487. The van der Waals surface area contributed by atoms with E-state index in [4.69, 9.17) is 0 Å². The Kier molecular flexibility index (Phi) is 6.06. The number of hydrogen-bond acceptors (Lipinski definition) is 0. The van der Waals surface area contributed by atoms with E-state index in [0.717, 1.165) is 32.8 Å².